The Morgan fingerprint density at radius 3 is 2.90 bits per heavy atom. The summed E-state index contributed by atoms with van der Waals surface area (Å²) in [6.07, 6.45) is 4.61. The molecule has 2 aliphatic rings. The van der Waals surface area contributed by atoms with Crippen LogP contribution in [0.3, 0.4) is 0 Å². The second-order valence-corrected chi connectivity index (χ2v) is 7.61. The Bertz CT molecular complexity index is 803. The Morgan fingerprint density at radius 2 is 2.10 bits per heavy atom. The molecular formula is C22H26FN3O3. The van der Waals surface area contributed by atoms with Crippen LogP contribution in [0.5, 0.6) is 5.75 Å². The zero-order valence-electron chi connectivity index (χ0n) is 16.4. The van der Waals surface area contributed by atoms with Gasteiger partial charge in [-0.15, -0.1) is 0 Å². The number of carbonyl (C=O) groups is 1. The molecule has 0 aliphatic carbocycles. The van der Waals surface area contributed by atoms with Crippen LogP contribution in [0.4, 0.5) is 4.39 Å². The molecule has 0 radical (unpaired) electrons. The molecule has 0 spiro atoms. The van der Waals surface area contributed by atoms with Crippen LogP contribution in [0.1, 0.15) is 12.0 Å². The van der Waals surface area contributed by atoms with Gasteiger partial charge in [0.05, 0.1) is 13.2 Å². The van der Waals surface area contributed by atoms with E-state index in [1.54, 1.807) is 6.20 Å². The minimum Gasteiger partial charge on any atom is -0.484 e. The zero-order valence-corrected chi connectivity index (χ0v) is 16.4. The third kappa shape index (κ3) is 5.10. The standard InChI is InChI=1S/C22H26FN3O3/c23-19-3-5-20(6-4-19)29-16-22(27)26-9-7-21-18(14-26)15-28-11-10-25(21)13-17-2-1-8-24-12-17/h1-6,8,12,18,21H,7,9-11,13-16H2/t18-,21-/m1/s1. The van der Waals surface area contributed by atoms with Crippen molar-refractivity contribution in [3.05, 3.63) is 60.2 Å². The molecule has 4 rings (SSSR count). The van der Waals surface area contributed by atoms with Gasteiger partial charge in [0, 0.05) is 50.5 Å². The first kappa shape index (κ1) is 19.8. The number of benzene rings is 1. The van der Waals surface area contributed by atoms with Crippen molar-refractivity contribution in [1.29, 1.82) is 0 Å². The largest absolute Gasteiger partial charge is 0.484 e. The van der Waals surface area contributed by atoms with E-state index in [1.807, 2.05) is 17.2 Å². The van der Waals surface area contributed by atoms with Gasteiger partial charge in [-0.3, -0.25) is 14.7 Å². The molecule has 2 aromatic rings. The first-order valence-corrected chi connectivity index (χ1v) is 10.1. The van der Waals surface area contributed by atoms with Crippen LogP contribution in [0.25, 0.3) is 0 Å². The third-order valence-corrected chi connectivity index (χ3v) is 5.65. The van der Waals surface area contributed by atoms with Crippen molar-refractivity contribution in [2.24, 2.45) is 5.92 Å². The van der Waals surface area contributed by atoms with Gasteiger partial charge >= 0.3 is 0 Å². The molecule has 0 saturated carbocycles. The second kappa shape index (κ2) is 9.33. The number of hydrogen-bond acceptors (Lipinski definition) is 5. The van der Waals surface area contributed by atoms with Crippen LogP contribution >= 0.6 is 0 Å². The molecule has 7 heteroatoms. The van der Waals surface area contributed by atoms with Gasteiger partial charge in [-0.05, 0) is 42.3 Å². The number of aromatic nitrogens is 1. The SMILES string of the molecule is O=C(COc1ccc(F)cc1)N1CC[C@@H]2[C@@H](COCCN2Cc2cccnc2)C1. The normalized spacial score (nSPS) is 22.6. The molecule has 2 aliphatic heterocycles. The summed E-state index contributed by atoms with van der Waals surface area (Å²) in [7, 11) is 0. The monoisotopic (exact) mass is 399 g/mol. The van der Waals surface area contributed by atoms with Crippen molar-refractivity contribution in [2.45, 2.75) is 19.0 Å². The van der Waals surface area contributed by atoms with E-state index in [2.05, 4.69) is 16.0 Å². The maximum atomic E-state index is 13.0. The van der Waals surface area contributed by atoms with Crippen LogP contribution in [0.15, 0.2) is 48.8 Å². The first-order valence-electron chi connectivity index (χ1n) is 10.1. The summed E-state index contributed by atoms with van der Waals surface area (Å²) in [5.74, 6) is 0.401. The molecule has 1 aromatic heterocycles. The minimum atomic E-state index is -0.324. The molecule has 0 unspecified atom stereocenters. The maximum Gasteiger partial charge on any atom is 0.260 e. The number of piperidine rings is 1. The summed E-state index contributed by atoms with van der Waals surface area (Å²) >= 11 is 0. The number of rotatable bonds is 5. The number of amides is 1. The van der Waals surface area contributed by atoms with E-state index in [1.165, 1.54) is 29.8 Å². The number of carbonyl (C=O) groups excluding carboxylic acids is 1. The van der Waals surface area contributed by atoms with Crippen molar-refractivity contribution in [1.82, 2.24) is 14.8 Å². The van der Waals surface area contributed by atoms with Crippen molar-refractivity contribution >= 4 is 5.91 Å². The van der Waals surface area contributed by atoms with Crippen molar-refractivity contribution in [3.63, 3.8) is 0 Å². The quantitative estimate of drug-likeness (QED) is 0.773. The van der Waals surface area contributed by atoms with E-state index in [0.29, 0.717) is 38.1 Å². The number of hydrogen-bond donors (Lipinski definition) is 0. The van der Waals surface area contributed by atoms with Gasteiger partial charge in [-0.2, -0.15) is 0 Å². The van der Waals surface area contributed by atoms with Crippen molar-refractivity contribution < 1.29 is 18.7 Å². The smallest absolute Gasteiger partial charge is 0.260 e. The highest BCUT2D eigenvalue weighted by atomic mass is 19.1. The summed E-state index contributed by atoms with van der Waals surface area (Å²) in [4.78, 5) is 21.2. The molecule has 1 aromatic carbocycles. The number of pyridine rings is 1. The lowest BCUT2D eigenvalue weighted by molar-refractivity contribution is -0.136. The van der Waals surface area contributed by atoms with Crippen molar-refractivity contribution in [2.75, 3.05) is 39.5 Å². The van der Waals surface area contributed by atoms with Crippen LogP contribution in [0, 0.1) is 11.7 Å². The molecule has 2 fully saturated rings. The average Bonchev–Trinajstić information content (AvgIpc) is 2.95. The number of nitrogens with zero attached hydrogens (tertiary/aromatic N) is 3. The summed E-state index contributed by atoms with van der Waals surface area (Å²) in [6, 6.07) is 10.2. The maximum absolute atomic E-state index is 13.0. The summed E-state index contributed by atoms with van der Waals surface area (Å²) in [6.45, 7) is 4.43. The van der Waals surface area contributed by atoms with E-state index >= 15 is 0 Å². The predicted molar refractivity (Wildman–Crippen MR) is 106 cm³/mol. The highest BCUT2D eigenvalue weighted by molar-refractivity contribution is 5.77. The number of likely N-dealkylation sites (tertiary alicyclic amines) is 1. The molecule has 2 atom stereocenters. The van der Waals surface area contributed by atoms with Gasteiger partial charge in [0.2, 0.25) is 0 Å². The van der Waals surface area contributed by atoms with E-state index < -0.39 is 0 Å². The summed E-state index contributed by atoms with van der Waals surface area (Å²) in [5, 5.41) is 0. The molecule has 6 nitrogen and oxygen atoms in total. The van der Waals surface area contributed by atoms with E-state index in [9.17, 15) is 9.18 Å². The van der Waals surface area contributed by atoms with E-state index in [4.69, 9.17) is 9.47 Å². The molecule has 0 bridgehead atoms. The Kier molecular flexibility index (Phi) is 6.36. The van der Waals surface area contributed by atoms with E-state index in [-0.39, 0.29) is 24.2 Å². The molecule has 2 saturated heterocycles. The van der Waals surface area contributed by atoms with Gasteiger partial charge < -0.3 is 14.4 Å². The number of fused-ring (bicyclic) bond motifs is 1. The van der Waals surface area contributed by atoms with Gasteiger partial charge in [-0.1, -0.05) is 6.07 Å². The fraction of sp³-hybridized carbons (Fsp3) is 0.455. The van der Waals surface area contributed by atoms with Gasteiger partial charge in [-0.25, -0.2) is 4.39 Å². The molecule has 154 valence electrons. The second-order valence-electron chi connectivity index (χ2n) is 7.61. The lowest BCUT2D eigenvalue weighted by atomic mass is 9.91. The fourth-order valence-corrected chi connectivity index (χ4v) is 4.16. The lowest BCUT2D eigenvalue weighted by Gasteiger charge is -2.42. The predicted octanol–water partition coefficient (Wildman–Crippen LogP) is 2.35. The third-order valence-electron chi connectivity index (χ3n) is 5.65. The summed E-state index contributed by atoms with van der Waals surface area (Å²) in [5.41, 5.74) is 1.19. The molecule has 3 heterocycles. The molecule has 1 amide bonds. The highest BCUT2D eigenvalue weighted by Gasteiger charge is 2.36. The number of ether oxygens (including phenoxy) is 2. The highest BCUT2D eigenvalue weighted by Crippen LogP contribution is 2.26. The molecule has 0 N–H and O–H groups in total. The van der Waals surface area contributed by atoms with Gasteiger partial charge in [0.15, 0.2) is 6.61 Å². The van der Waals surface area contributed by atoms with Crippen LogP contribution in [-0.4, -0.2) is 66.2 Å². The number of halogens is 1. The van der Waals surface area contributed by atoms with E-state index in [0.717, 1.165) is 19.5 Å². The lowest BCUT2D eigenvalue weighted by Crippen LogP contribution is -2.53. The van der Waals surface area contributed by atoms with Gasteiger partial charge in [0.25, 0.3) is 5.91 Å². The van der Waals surface area contributed by atoms with Crippen LogP contribution in [-0.2, 0) is 16.1 Å². The Labute approximate surface area is 170 Å². The van der Waals surface area contributed by atoms with Gasteiger partial charge in [0.1, 0.15) is 11.6 Å². The topological polar surface area (TPSA) is 54.9 Å². The average molecular weight is 399 g/mol. The minimum absolute atomic E-state index is 0.0384. The van der Waals surface area contributed by atoms with Crippen molar-refractivity contribution in [3.8, 4) is 5.75 Å². The molecular weight excluding hydrogens is 373 g/mol. The zero-order chi connectivity index (χ0) is 20.1. The Balaban J connectivity index is 1.34. The first-order chi connectivity index (χ1) is 14.2. The Morgan fingerprint density at radius 1 is 1.24 bits per heavy atom. The fourth-order valence-electron chi connectivity index (χ4n) is 4.16. The Hall–Kier alpha value is -2.51. The molecule has 29 heavy (non-hydrogen) atoms. The van der Waals surface area contributed by atoms with Crippen LogP contribution in [0.2, 0.25) is 0 Å². The van der Waals surface area contributed by atoms with Crippen LogP contribution < -0.4 is 4.74 Å². The summed E-state index contributed by atoms with van der Waals surface area (Å²) < 4.78 is 24.4.